The molecule has 1 unspecified atom stereocenters. The predicted octanol–water partition coefficient (Wildman–Crippen LogP) is 0.917. The summed E-state index contributed by atoms with van der Waals surface area (Å²) in [5, 5.41) is 0. The van der Waals surface area contributed by atoms with Crippen molar-refractivity contribution in [2.24, 2.45) is 11.8 Å². The second-order valence-corrected chi connectivity index (χ2v) is 9.49. The van der Waals surface area contributed by atoms with Crippen molar-refractivity contribution >= 4 is 21.7 Å². The van der Waals surface area contributed by atoms with E-state index in [1.54, 1.807) is 11.9 Å². The van der Waals surface area contributed by atoms with Gasteiger partial charge in [-0.15, -0.1) is 0 Å². The molecule has 6 nitrogen and oxygen atoms in total. The lowest BCUT2D eigenvalue weighted by Gasteiger charge is -2.35. The first-order valence-corrected chi connectivity index (χ1v) is 10.3. The summed E-state index contributed by atoms with van der Waals surface area (Å²) in [6.45, 7) is 5.30. The summed E-state index contributed by atoms with van der Waals surface area (Å²) in [7, 11) is -1.27. The number of hydrogen-bond acceptors (Lipinski definition) is 4. The van der Waals surface area contributed by atoms with E-state index in [1.807, 2.05) is 18.7 Å². The molecule has 0 spiro atoms. The zero-order valence-corrected chi connectivity index (χ0v) is 15.1. The van der Waals surface area contributed by atoms with Gasteiger partial charge in [0.25, 0.3) is 0 Å². The van der Waals surface area contributed by atoms with Crippen molar-refractivity contribution in [3.8, 4) is 0 Å². The molecule has 2 amide bonds. The van der Waals surface area contributed by atoms with Crippen molar-refractivity contribution in [3.05, 3.63) is 0 Å². The summed E-state index contributed by atoms with van der Waals surface area (Å²) < 4.78 is 23.1. The van der Waals surface area contributed by atoms with Crippen molar-refractivity contribution in [2.75, 3.05) is 31.6 Å². The van der Waals surface area contributed by atoms with Gasteiger partial charge in [-0.3, -0.25) is 9.59 Å². The van der Waals surface area contributed by atoms with Crippen LogP contribution in [-0.2, 0) is 19.4 Å². The van der Waals surface area contributed by atoms with E-state index < -0.39 is 9.84 Å². The lowest BCUT2D eigenvalue weighted by Crippen LogP contribution is -2.46. The van der Waals surface area contributed by atoms with Gasteiger partial charge < -0.3 is 9.80 Å². The van der Waals surface area contributed by atoms with Crippen LogP contribution < -0.4 is 0 Å². The zero-order chi connectivity index (χ0) is 17.2. The highest BCUT2D eigenvalue weighted by molar-refractivity contribution is 7.91. The monoisotopic (exact) mass is 344 g/mol. The molecule has 2 fully saturated rings. The van der Waals surface area contributed by atoms with E-state index in [1.165, 1.54) is 0 Å². The number of nitrogens with zero attached hydrogens (tertiary/aromatic N) is 2. The molecule has 0 radical (unpaired) electrons. The summed E-state index contributed by atoms with van der Waals surface area (Å²) in [6.07, 6.45) is 2.44. The Morgan fingerprint density at radius 1 is 1.17 bits per heavy atom. The summed E-state index contributed by atoms with van der Waals surface area (Å²) in [4.78, 5) is 28.1. The van der Waals surface area contributed by atoms with Gasteiger partial charge in [0.05, 0.1) is 11.5 Å². The molecule has 132 valence electrons. The molecule has 0 N–H and O–H groups in total. The maximum absolute atomic E-state index is 12.6. The molecule has 0 aromatic heterocycles. The lowest BCUT2D eigenvalue weighted by molar-refractivity contribution is -0.141. The van der Waals surface area contributed by atoms with Crippen LogP contribution in [0.4, 0.5) is 0 Å². The molecule has 1 atom stereocenters. The molecule has 2 aliphatic rings. The third kappa shape index (κ3) is 4.68. The average Bonchev–Trinajstić information content (AvgIpc) is 2.85. The van der Waals surface area contributed by atoms with E-state index in [0.717, 1.165) is 0 Å². The van der Waals surface area contributed by atoms with Crippen molar-refractivity contribution in [3.63, 3.8) is 0 Å². The SMILES string of the molecule is CC(C)CC(=O)N1CCC(C(=O)N(C)C2CCS(=O)(=O)C2)CC1. The average molecular weight is 344 g/mol. The van der Waals surface area contributed by atoms with Gasteiger partial charge >= 0.3 is 0 Å². The summed E-state index contributed by atoms with van der Waals surface area (Å²) in [5.74, 6) is 0.714. The van der Waals surface area contributed by atoms with Crippen LogP contribution in [0.15, 0.2) is 0 Å². The van der Waals surface area contributed by atoms with Gasteiger partial charge in [0, 0.05) is 38.5 Å². The molecule has 0 bridgehead atoms. The van der Waals surface area contributed by atoms with Crippen LogP contribution in [0.1, 0.15) is 39.5 Å². The van der Waals surface area contributed by atoms with Gasteiger partial charge in [0.1, 0.15) is 0 Å². The van der Waals surface area contributed by atoms with Crippen LogP contribution in [0.25, 0.3) is 0 Å². The molecular weight excluding hydrogens is 316 g/mol. The van der Waals surface area contributed by atoms with Gasteiger partial charge in [0.2, 0.25) is 11.8 Å². The van der Waals surface area contributed by atoms with Crippen molar-refractivity contribution < 1.29 is 18.0 Å². The third-order valence-corrected chi connectivity index (χ3v) is 6.63. The number of piperidine rings is 1. The predicted molar refractivity (Wildman–Crippen MR) is 88.6 cm³/mol. The number of amides is 2. The summed E-state index contributed by atoms with van der Waals surface area (Å²) in [6, 6.07) is -0.187. The zero-order valence-electron chi connectivity index (χ0n) is 14.3. The van der Waals surface area contributed by atoms with Crippen molar-refractivity contribution in [1.82, 2.24) is 9.80 Å². The van der Waals surface area contributed by atoms with Gasteiger partial charge in [-0.05, 0) is 25.2 Å². The van der Waals surface area contributed by atoms with E-state index in [9.17, 15) is 18.0 Å². The Labute approximate surface area is 139 Å². The largest absolute Gasteiger partial charge is 0.343 e. The Kier molecular flexibility index (Phi) is 5.70. The van der Waals surface area contributed by atoms with Gasteiger partial charge in [-0.25, -0.2) is 8.42 Å². The van der Waals surface area contributed by atoms with Gasteiger partial charge in [0.15, 0.2) is 9.84 Å². The molecule has 2 heterocycles. The smallest absolute Gasteiger partial charge is 0.225 e. The maximum atomic E-state index is 12.6. The Morgan fingerprint density at radius 2 is 1.78 bits per heavy atom. The van der Waals surface area contributed by atoms with E-state index in [-0.39, 0.29) is 35.3 Å². The fourth-order valence-electron chi connectivity index (χ4n) is 3.40. The number of likely N-dealkylation sites (tertiary alicyclic amines) is 1. The topological polar surface area (TPSA) is 74.8 Å². The van der Waals surface area contributed by atoms with Crippen LogP contribution in [0.3, 0.4) is 0 Å². The van der Waals surface area contributed by atoms with Crippen LogP contribution in [0.2, 0.25) is 0 Å². The Hall–Kier alpha value is -1.11. The van der Waals surface area contributed by atoms with E-state index in [2.05, 4.69) is 0 Å². The fourth-order valence-corrected chi connectivity index (χ4v) is 5.18. The van der Waals surface area contributed by atoms with Crippen LogP contribution in [0, 0.1) is 11.8 Å². The molecule has 2 aliphatic heterocycles. The fraction of sp³-hybridized carbons (Fsp3) is 0.875. The van der Waals surface area contributed by atoms with Gasteiger partial charge in [-0.2, -0.15) is 0 Å². The van der Waals surface area contributed by atoms with Crippen LogP contribution in [-0.4, -0.2) is 67.7 Å². The Balaban J connectivity index is 1.85. The maximum Gasteiger partial charge on any atom is 0.225 e. The molecule has 23 heavy (non-hydrogen) atoms. The number of sulfone groups is 1. The van der Waals surface area contributed by atoms with Crippen LogP contribution >= 0.6 is 0 Å². The Morgan fingerprint density at radius 3 is 2.26 bits per heavy atom. The third-order valence-electron chi connectivity index (χ3n) is 4.88. The number of carbonyl (C=O) groups excluding carboxylic acids is 2. The quantitative estimate of drug-likeness (QED) is 0.760. The minimum Gasteiger partial charge on any atom is -0.343 e. The van der Waals surface area contributed by atoms with E-state index in [0.29, 0.717) is 44.7 Å². The lowest BCUT2D eigenvalue weighted by atomic mass is 9.94. The first-order chi connectivity index (χ1) is 10.7. The standard InChI is InChI=1S/C16H28N2O4S/c1-12(2)10-15(19)18-7-4-13(5-8-18)16(20)17(3)14-6-9-23(21,22)11-14/h12-14H,4-11H2,1-3H3. The summed E-state index contributed by atoms with van der Waals surface area (Å²) >= 11 is 0. The summed E-state index contributed by atoms with van der Waals surface area (Å²) in [5.41, 5.74) is 0. The molecular formula is C16H28N2O4S. The number of carbonyl (C=O) groups is 2. The normalized spacial score (nSPS) is 24.9. The highest BCUT2D eigenvalue weighted by Gasteiger charge is 2.36. The first kappa shape index (κ1) is 18.2. The Bertz CT molecular complexity index is 550. The molecule has 0 aromatic rings. The van der Waals surface area contributed by atoms with E-state index >= 15 is 0 Å². The minimum atomic E-state index is -2.98. The molecule has 0 aromatic carbocycles. The molecule has 0 aliphatic carbocycles. The molecule has 2 rings (SSSR count). The molecule has 2 saturated heterocycles. The number of hydrogen-bond donors (Lipinski definition) is 0. The van der Waals surface area contributed by atoms with Crippen LogP contribution in [0.5, 0.6) is 0 Å². The molecule has 0 saturated carbocycles. The minimum absolute atomic E-state index is 0.0306. The number of rotatable bonds is 4. The second-order valence-electron chi connectivity index (χ2n) is 7.26. The van der Waals surface area contributed by atoms with Crippen molar-refractivity contribution in [1.29, 1.82) is 0 Å². The molecule has 7 heteroatoms. The second kappa shape index (κ2) is 7.20. The van der Waals surface area contributed by atoms with E-state index in [4.69, 9.17) is 0 Å². The van der Waals surface area contributed by atoms with Gasteiger partial charge in [-0.1, -0.05) is 13.8 Å². The highest BCUT2D eigenvalue weighted by Crippen LogP contribution is 2.24. The first-order valence-electron chi connectivity index (χ1n) is 8.44. The highest BCUT2D eigenvalue weighted by atomic mass is 32.2. The van der Waals surface area contributed by atoms with Crippen molar-refractivity contribution in [2.45, 2.75) is 45.6 Å².